The standard InChI is InChI=1S/C11H24N4O2/c1-4-10(11(17)13-12)15-7-9(16)5-8(15)6-14(2)3/h8-10,16H,4-7,12H2,1-3H3,(H,13,17). The third-order valence-corrected chi connectivity index (χ3v) is 3.24. The number of likely N-dealkylation sites (tertiary alicyclic amines) is 1. The highest BCUT2D eigenvalue weighted by atomic mass is 16.3. The monoisotopic (exact) mass is 244 g/mol. The fraction of sp³-hybridized carbons (Fsp3) is 0.909. The van der Waals surface area contributed by atoms with Crippen molar-refractivity contribution in [1.29, 1.82) is 0 Å². The number of aliphatic hydroxyl groups is 1. The van der Waals surface area contributed by atoms with E-state index in [2.05, 4.69) is 15.2 Å². The summed E-state index contributed by atoms with van der Waals surface area (Å²) < 4.78 is 0. The summed E-state index contributed by atoms with van der Waals surface area (Å²) in [6.07, 6.45) is 1.06. The number of nitrogens with one attached hydrogen (secondary N) is 1. The largest absolute Gasteiger partial charge is 0.392 e. The van der Waals surface area contributed by atoms with Gasteiger partial charge in [0.1, 0.15) is 0 Å². The van der Waals surface area contributed by atoms with E-state index in [0.29, 0.717) is 19.4 Å². The minimum absolute atomic E-state index is 0.176. The molecular formula is C11H24N4O2. The van der Waals surface area contributed by atoms with Crippen LogP contribution in [0, 0.1) is 0 Å². The highest BCUT2D eigenvalue weighted by Crippen LogP contribution is 2.22. The molecule has 3 unspecified atom stereocenters. The van der Waals surface area contributed by atoms with Crippen LogP contribution >= 0.6 is 0 Å². The van der Waals surface area contributed by atoms with Crippen molar-refractivity contribution in [2.45, 2.75) is 38.0 Å². The van der Waals surface area contributed by atoms with Crippen LogP contribution in [0.5, 0.6) is 0 Å². The SMILES string of the molecule is CCC(C(=O)NN)N1CC(O)CC1CN(C)C. The molecule has 6 nitrogen and oxygen atoms in total. The summed E-state index contributed by atoms with van der Waals surface area (Å²) in [6, 6.07) is -0.0376. The van der Waals surface area contributed by atoms with E-state index in [1.165, 1.54) is 0 Å². The normalized spacial score (nSPS) is 27.4. The number of hydrogen-bond donors (Lipinski definition) is 3. The number of carbonyl (C=O) groups excluding carboxylic acids is 1. The molecule has 0 saturated carbocycles. The quantitative estimate of drug-likeness (QED) is 0.320. The van der Waals surface area contributed by atoms with Crippen LogP contribution in [0.3, 0.4) is 0 Å². The Balaban J connectivity index is 2.73. The fourth-order valence-electron chi connectivity index (χ4n) is 2.57. The molecule has 1 fully saturated rings. The van der Waals surface area contributed by atoms with E-state index >= 15 is 0 Å². The Morgan fingerprint density at radius 3 is 2.76 bits per heavy atom. The molecular weight excluding hydrogens is 220 g/mol. The lowest BCUT2D eigenvalue weighted by molar-refractivity contribution is -0.127. The molecule has 0 bridgehead atoms. The second kappa shape index (κ2) is 6.30. The van der Waals surface area contributed by atoms with Crippen LogP contribution in [0.25, 0.3) is 0 Å². The summed E-state index contributed by atoms with van der Waals surface area (Å²) in [6.45, 7) is 3.34. The Morgan fingerprint density at radius 1 is 1.65 bits per heavy atom. The van der Waals surface area contributed by atoms with E-state index in [1.807, 2.05) is 21.0 Å². The number of amides is 1. The van der Waals surface area contributed by atoms with Gasteiger partial charge in [-0.05, 0) is 26.9 Å². The Morgan fingerprint density at radius 2 is 2.29 bits per heavy atom. The maximum Gasteiger partial charge on any atom is 0.251 e. The van der Waals surface area contributed by atoms with Crippen LogP contribution in [-0.4, -0.2) is 66.2 Å². The molecule has 1 amide bonds. The van der Waals surface area contributed by atoms with Gasteiger partial charge in [-0.25, -0.2) is 5.84 Å². The van der Waals surface area contributed by atoms with Gasteiger partial charge in [0, 0.05) is 19.1 Å². The number of hydrogen-bond acceptors (Lipinski definition) is 5. The number of rotatable bonds is 5. The molecule has 0 radical (unpaired) electrons. The van der Waals surface area contributed by atoms with Crippen molar-refractivity contribution in [1.82, 2.24) is 15.2 Å². The lowest BCUT2D eigenvalue weighted by atomic mass is 10.1. The van der Waals surface area contributed by atoms with E-state index in [4.69, 9.17) is 5.84 Å². The Labute approximate surface area is 103 Å². The summed E-state index contributed by atoms with van der Waals surface area (Å²) in [5.41, 5.74) is 2.21. The van der Waals surface area contributed by atoms with Gasteiger partial charge in [-0.2, -0.15) is 0 Å². The number of carbonyl (C=O) groups is 1. The molecule has 1 heterocycles. The maximum atomic E-state index is 11.7. The molecule has 100 valence electrons. The first-order valence-corrected chi connectivity index (χ1v) is 6.08. The molecule has 0 aromatic heterocycles. The zero-order valence-electron chi connectivity index (χ0n) is 10.9. The molecule has 1 rings (SSSR count). The Hall–Kier alpha value is -0.690. The van der Waals surface area contributed by atoms with Gasteiger partial charge < -0.3 is 10.0 Å². The van der Waals surface area contributed by atoms with Crippen molar-refractivity contribution in [3.63, 3.8) is 0 Å². The molecule has 0 aliphatic carbocycles. The molecule has 0 spiro atoms. The average molecular weight is 244 g/mol. The summed E-state index contributed by atoms with van der Waals surface area (Å²) in [4.78, 5) is 15.8. The van der Waals surface area contributed by atoms with Crippen LogP contribution in [0.2, 0.25) is 0 Å². The van der Waals surface area contributed by atoms with Gasteiger partial charge in [0.25, 0.3) is 5.91 Å². The topological polar surface area (TPSA) is 81.8 Å². The van der Waals surface area contributed by atoms with E-state index in [-0.39, 0.29) is 24.1 Å². The first kappa shape index (κ1) is 14.4. The minimum atomic E-state index is -0.348. The molecule has 17 heavy (non-hydrogen) atoms. The number of hydrazine groups is 1. The number of nitrogens with two attached hydrogens (primary N) is 1. The summed E-state index contributed by atoms with van der Waals surface area (Å²) in [7, 11) is 3.99. The molecule has 3 atom stereocenters. The molecule has 1 aliphatic rings. The predicted molar refractivity (Wildman–Crippen MR) is 66.1 cm³/mol. The molecule has 0 aromatic carbocycles. The molecule has 1 aliphatic heterocycles. The smallest absolute Gasteiger partial charge is 0.251 e. The average Bonchev–Trinajstić information content (AvgIpc) is 2.59. The lowest BCUT2D eigenvalue weighted by Crippen LogP contribution is -2.52. The third-order valence-electron chi connectivity index (χ3n) is 3.24. The zero-order chi connectivity index (χ0) is 13.0. The molecule has 0 aromatic rings. The van der Waals surface area contributed by atoms with Crippen LogP contribution in [0.15, 0.2) is 0 Å². The second-order valence-electron chi connectivity index (χ2n) is 4.94. The lowest BCUT2D eigenvalue weighted by Gasteiger charge is -2.32. The third kappa shape index (κ3) is 3.64. The first-order chi connectivity index (χ1) is 7.99. The second-order valence-corrected chi connectivity index (χ2v) is 4.94. The molecule has 4 N–H and O–H groups in total. The first-order valence-electron chi connectivity index (χ1n) is 6.08. The zero-order valence-corrected chi connectivity index (χ0v) is 10.9. The van der Waals surface area contributed by atoms with E-state index in [1.54, 1.807) is 0 Å². The maximum absolute atomic E-state index is 11.7. The summed E-state index contributed by atoms with van der Waals surface area (Å²) >= 11 is 0. The van der Waals surface area contributed by atoms with Gasteiger partial charge in [-0.15, -0.1) is 0 Å². The van der Waals surface area contributed by atoms with Gasteiger partial charge in [0.15, 0.2) is 0 Å². The van der Waals surface area contributed by atoms with Gasteiger partial charge in [0.2, 0.25) is 0 Å². The summed E-state index contributed by atoms with van der Waals surface area (Å²) in [5, 5.41) is 9.76. The predicted octanol–water partition coefficient (Wildman–Crippen LogP) is -1.25. The van der Waals surface area contributed by atoms with Gasteiger partial charge in [0.05, 0.1) is 12.1 Å². The van der Waals surface area contributed by atoms with Crippen molar-refractivity contribution in [2.75, 3.05) is 27.2 Å². The summed E-state index contributed by atoms with van der Waals surface area (Å²) in [5.74, 6) is 5.02. The fourth-order valence-corrected chi connectivity index (χ4v) is 2.57. The molecule has 6 heteroatoms. The van der Waals surface area contributed by atoms with Crippen LogP contribution in [0.4, 0.5) is 0 Å². The van der Waals surface area contributed by atoms with Crippen molar-refractivity contribution in [2.24, 2.45) is 5.84 Å². The number of β-amino-alcohol motifs (C(OH)–C–C–N with tert-alkyl or cyclic N) is 1. The van der Waals surface area contributed by atoms with Crippen molar-refractivity contribution in [3.8, 4) is 0 Å². The van der Waals surface area contributed by atoms with Gasteiger partial charge in [-0.1, -0.05) is 6.92 Å². The van der Waals surface area contributed by atoms with Crippen molar-refractivity contribution < 1.29 is 9.90 Å². The van der Waals surface area contributed by atoms with E-state index in [9.17, 15) is 9.90 Å². The van der Waals surface area contributed by atoms with Crippen molar-refractivity contribution in [3.05, 3.63) is 0 Å². The Bertz CT molecular complexity index is 260. The van der Waals surface area contributed by atoms with Gasteiger partial charge in [-0.3, -0.25) is 15.1 Å². The number of aliphatic hydroxyl groups excluding tert-OH is 1. The minimum Gasteiger partial charge on any atom is -0.392 e. The highest BCUT2D eigenvalue weighted by molar-refractivity contribution is 5.81. The molecule has 1 saturated heterocycles. The highest BCUT2D eigenvalue weighted by Gasteiger charge is 2.37. The van der Waals surface area contributed by atoms with E-state index < -0.39 is 0 Å². The Kier molecular flexibility index (Phi) is 5.32. The number of likely N-dealkylation sites (N-methyl/N-ethyl adjacent to an activating group) is 1. The van der Waals surface area contributed by atoms with Crippen molar-refractivity contribution >= 4 is 5.91 Å². The van der Waals surface area contributed by atoms with E-state index in [0.717, 1.165) is 6.54 Å². The van der Waals surface area contributed by atoms with Crippen LogP contribution < -0.4 is 11.3 Å². The van der Waals surface area contributed by atoms with Crippen LogP contribution in [-0.2, 0) is 4.79 Å². The van der Waals surface area contributed by atoms with Crippen LogP contribution in [0.1, 0.15) is 19.8 Å². The van der Waals surface area contributed by atoms with Gasteiger partial charge >= 0.3 is 0 Å². The number of nitrogens with zero attached hydrogens (tertiary/aromatic N) is 2.